The van der Waals surface area contributed by atoms with Gasteiger partial charge < -0.3 is 10.6 Å². The molecule has 0 spiro atoms. The highest BCUT2D eigenvalue weighted by atomic mass is 32.2. The molecule has 1 saturated heterocycles. The molecule has 1 aliphatic heterocycles. The van der Waals surface area contributed by atoms with Crippen molar-refractivity contribution < 1.29 is 4.79 Å². The lowest BCUT2D eigenvalue weighted by Crippen LogP contribution is -2.34. The summed E-state index contributed by atoms with van der Waals surface area (Å²) in [4.78, 5) is 16.8. The van der Waals surface area contributed by atoms with Crippen molar-refractivity contribution in [2.24, 2.45) is 0 Å². The number of aryl methyl sites for hydroxylation is 1. The van der Waals surface area contributed by atoms with Crippen molar-refractivity contribution in [3.63, 3.8) is 0 Å². The first kappa shape index (κ1) is 15.2. The van der Waals surface area contributed by atoms with E-state index in [0.29, 0.717) is 11.6 Å². The van der Waals surface area contributed by atoms with Gasteiger partial charge in [0, 0.05) is 29.6 Å². The molecule has 2 heterocycles. The van der Waals surface area contributed by atoms with Gasteiger partial charge in [-0.25, -0.2) is 4.98 Å². The predicted octanol–water partition coefficient (Wildman–Crippen LogP) is 2.70. The van der Waals surface area contributed by atoms with E-state index in [4.69, 9.17) is 0 Å². The maximum atomic E-state index is 12.3. The summed E-state index contributed by atoms with van der Waals surface area (Å²) in [6.07, 6.45) is 2.95. The third kappa shape index (κ3) is 4.13. The second-order valence-corrected chi connectivity index (χ2v) is 6.20. The zero-order chi connectivity index (χ0) is 14.4. The molecule has 110 valence electrons. The van der Waals surface area contributed by atoms with Crippen molar-refractivity contribution >= 4 is 23.5 Å². The van der Waals surface area contributed by atoms with Gasteiger partial charge in [-0.05, 0) is 37.1 Å². The summed E-state index contributed by atoms with van der Waals surface area (Å²) < 4.78 is 0. The van der Waals surface area contributed by atoms with Crippen LogP contribution in [0.5, 0.6) is 0 Å². The Morgan fingerprint density at radius 1 is 1.45 bits per heavy atom. The van der Waals surface area contributed by atoms with Crippen LogP contribution < -0.4 is 10.6 Å². The molecule has 1 aliphatic rings. The summed E-state index contributed by atoms with van der Waals surface area (Å²) in [6, 6.07) is 4.07. The Labute approximate surface area is 125 Å². The van der Waals surface area contributed by atoms with E-state index in [0.717, 1.165) is 48.8 Å². The number of hydrogen-bond acceptors (Lipinski definition) is 4. The molecule has 1 atom stereocenters. The topological polar surface area (TPSA) is 54.0 Å². The average molecular weight is 293 g/mol. The van der Waals surface area contributed by atoms with Crippen LogP contribution >= 0.6 is 11.8 Å². The normalized spacial score (nSPS) is 18.0. The molecular weight excluding hydrogens is 270 g/mol. The van der Waals surface area contributed by atoms with Gasteiger partial charge in [0.05, 0.1) is 0 Å². The summed E-state index contributed by atoms with van der Waals surface area (Å²) >= 11 is 1.90. The number of pyridine rings is 1. The van der Waals surface area contributed by atoms with Gasteiger partial charge in [0.2, 0.25) is 0 Å². The highest BCUT2D eigenvalue weighted by Gasteiger charge is 2.19. The minimum Gasteiger partial charge on any atom is -0.370 e. The molecule has 1 fully saturated rings. The van der Waals surface area contributed by atoms with Crippen molar-refractivity contribution in [3.05, 3.63) is 23.4 Å². The van der Waals surface area contributed by atoms with Gasteiger partial charge in [0.1, 0.15) is 5.82 Å². The number of thioether (sulfide) groups is 1. The fourth-order valence-corrected chi connectivity index (χ4v) is 3.31. The number of nitrogens with one attached hydrogen (secondary N) is 2. The molecule has 4 nitrogen and oxygen atoms in total. The Balaban J connectivity index is 2.09. The monoisotopic (exact) mass is 293 g/mol. The van der Waals surface area contributed by atoms with E-state index in [-0.39, 0.29) is 5.91 Å². The highest BCUT2D eigenvalue weighted by molar-refractivity contribution is 7.99. The summed E-state index contributed by atoms with van der Waals surface area (Å²) in [7, 11) is 0. The Morgan fingerprint density at radius 3 is 2.95 bits per heavy atom. The van der Waals surface area contributed by atoms with Crippen LogP contribution in [-0.4, -0.2) is 35.0 Å². The highest BCUT2D eigenvalue weighted by Crippen LogP contribution is 2.18. The van der Waals surface area contributed by atoms with E-state index >= 15 is 0 Å². The second kappa shape index (κ2) is 7.53. The molecule has 0 saturated carbocycles. The molecule has 1 aromatic heterocycles. The van der Waals surface area contributed by atoms with Crippen molar-refractivity contribution in [2.45, 2.75) is 39.2 Å². The molecule has 0 aromatic carbocycles. The van der Waals surface area contributed by atoms with E-state index in [9.17, 15) is 4.79 Å². The third-order valence-electron chi connectivity index (χ3n) is 3.32. The van der Waals surface area contributed by atoms with Crippen molar-refractivity contribution in [1.82, 2.24) is 10.3 Å². The quantitative estimate of drug-likeness (QED) is 0.847. The maximum absolute atomic E-state index is 12.3. The molecule has 0 radical (unpaired) electrons. The molecule has 1 amide bonds. The van der Waals surface area contributed by atoms with Crippen LogP contribution in [0.2, 0.25) is 0 Å². The average Bonchev–Trinajstić information content (AvgIpc) is 2.97. The van der Waals surface area contributed by atoms with E-state index in [1.54, 1.807) is 0 Å². The zero-order valence-electron chi connectivity index (χ0n) is 12.2. The number of carbonyl (C=O) groups excluding carboxylic acids is 1. The van der Waals surface area contributed by atoms with Gasteiger partial charge in [-0.15, -0.1) is 0 Å². The number of aromatic nitrogens is 1. The lowest BCUT2D eigenvalue weighted by molar-refractivity contribution is 0.0941. The Kier molecular flexibility index (Phi) is 5.71. The number of rotatable bonds is 6. The van der Waals surface area contributed by atoms with Crippen LogP contribution in [0.3, 0.4) is 0 Å². The van der Waals surface area contributed by atoms with Gasteiger partial charge >= 0.3 is 0 Å². The first-order valence-corrected chi connectivity index (χ1v) is 8.51. The molecule has 2 rings (SSSR count). The summed E-state index contributed by atoms with van der Waals surface area (Å²) in [6.45, 7) is 5.05. The van der Waals surface area contributed by atoms with Crippen molar-refractivity contribution in [3.8, 4) is 0 Å². The van der Waals surface area contributed by atoms with E-state index in [1.165, 1.54) is 0 Å². The fourth-order valence-electron chi connectivity index (χ4n) is 2.16. The summed E-state index contributed by atoms with van der Waals surface area (Å²) in [5, 5.41) is 6.38. The largest absolute Gasteiger partial charge is 0.370 e. The summed E-state index contributed by atoms with van der Waals surface area (Å²) in [5.41, 5.74) is 1.67. The van der Waals surface area contributed by atoms with Crippen LogP contribution in [0.15, 0.2) is 12.1 Å². The second-order valence-electron chi connectivity index (χ2n) is 5.05. The predicted molar refractivity (Wildman–Crippen MR) is 85.6 cm³/mol. The first-order chi connectivity index (χ1) is 9.72. The Hall–Kier alpha value is -1.23. The summed E-state index contributed by atoms with van der Waals surface area (Å²) in [5.74, 6) is 3.00. The minimum absolute atomic E-state index is 0.0224. The first-order valence-electron chi connectivity index (χ1n) is 7.36. The number of nitrogens with zero attached hydrogens (tertiary/aromatic N) is 1. The molecule has 0 bridgehead atoms. The fraction of sp³-hybridized carbons (Fsp3) is 0.600. The molecule has 2 N–H and O–H groups in total. The molecule has 5 heteroatoms. The zero-order valence-corrected chi connectivity index (χ0v) is 13.1. The minimum atomic E-state index is 0.0224. The number of anilines is 1. The Morgan fingerprint density at radius 2 is 2.30 bits per heavy atom. The van der Waals surface area contributed by atoms with Gasteiger partial charge in [-0.3, -0.25) is 4.79 Å². The Bertz CT molecular complexity index is 458. The third-order valence-corrected chi connectivity index (χ3v) is 4.49. The lowest BCUT2D eigenvalue weighted by atomic mass is 10.1. The lowest BCUT2D eigenvalue weighted by Gasteiger charge is -2.13. The molecular formula is C15H23N3OS. The van der Waals surface area contributed by atoms with Crippen LogP contribution in [0, 0.1) is 0 Å². The smallest absolute Gasteiger partial charge is 0.251 e. The van der Waals surface area contributed by atoms with Gasteiger partial charge in [0.25, 0.3) is 5.91 Å². The SMILES string of the molecule is CCCNc1cc(C(=O)NC2CCSC2)cc(CC)n1. The van der Waals surface area contributed by atoms with Gasteiger partial charge in [-0.2, -0.15) is 11.8 Å². The van der Waals surface area contributed by atoms with E-state index in [1.807, 2.05) is 23.9 Å². The molecule has 1 unspecified atom stereocenters. The number of carbonyl (C=O) groups is 1. The van der Waals surface area contributed by atoms with Crippen LogP contribution in [0.25, 0.3) is 0 Å². The van der Waals surface area contributed by atoms with Crippen LogP contribution in [0.1, 0.15) is 42.7 Å². The van der Waals surface area contributed by atoms with Crippen LogP contribution in [0.4, 0.5) is 5.82 Å². The number of hydrogen-bond donors (Lipinski definition) is 2. The van der Waals surface area contributed by atoms with E-state index < -0.39 is 0 Å². The molecule has 20 heavy (non-hydrogen) atoms. The van der Waals surface area contributed by atoms with E-state index in [2.05, 4.69) is 29.5 Å². The number of amides is 1. The van der Waals surface area contributed by atoms with Gasteiger partial charge in [0.15, 0.2) is 0 Å². The molecule has 0 aliphatic carbocycles. The van der Waals surface area contributed by atoms with Crippen LogP contribution in [-0.2, 0) is 6.42 Å². The van der Waals surface area contributed by atoms with Crippen molar-refractivity contribution in [1.29, 1.82) is 0 Å². The standard InChI is InChI=1S/C15H23N3OS/c1-3-6-16-14-9-11(8-12(4-2)17-14)15(19)18-13-5-7-20-10-13/h8-9,13H,3-7,10H2,1-2H3,(H,16,17)(H,18,19). The van der Waals surface area contributed by atoms with Gasteiger partial charge in [-0.1, -0.05) is 13.8 Å². The maximum Gasteiger partial charge on any atom is 0.251 e. The van der Waals surface area contributed by atoms with Crippen molar-refractivity contribution in [2.75, 3.05) is 23.4 Å². The molecule has 1 aromatic rings.